The number of nitrogens with zero attached hydrogens (tertiary/aromatic N) is 3. The van der Waals surface area contributed by atoms with Crippen molar-refractivity contribution in [3.8, 4) is 22.3 Å². The van der Waals surface area contributed by atoms with Gasteiger partial charge in [-0.3, -0.25) is 20.2 Å². The molecule has 4 aromatic carbocycles. The molecule has 0 fully saturated rings. The van der Waals surface area contributed by atoms with Crippen molar-refractivity contribution in [3.05, 3.63) is 122 Å². The molecule has 0 unspecified atom stereocenters. The van der Waals surface area contributed by atoms with Gasteiger partial charge in [0.05, 0.1) is 24.1 Å². The fourth-order valence-electron chi connectivity index (χ4n) is 4.38. The van der Waals surface area contributed by atoms with Gasteiger partial charge in [0.15, 0.2) is 0 Å². The molecule has 0 aliphatic rings. The number of hydrogen-bond donors (Lipinski definition) is 0. The second-order valence-electron chi connectivity index (χ2n) is 9.31. The van der Waals surface area contributed by atoms with E-state index in [4.69, 9.17) is 0 Å². The van der Waals surface area contributed by atoms with E-state index in [1.807, 2.05) is 69.4 Å². The highest BCUT2D eigenvalue weighted by molar-refractivity contribution is 5.96. The number of ether oxygens (including phenoxy) is 2. The zero-order valence-electron chi connectivity index (χ0n) is 24.4. The van der Waals surface area contributed by atoms with Crippen LogP contribution in [-0.2, 0) is 9.47 Å². The highest BCUT2D eigenvalue weighted by Crippen LogP contribution is 2.34. The number of benzene rings is 4. The molecule has 0 heterocycles. The topological polar surface area (TPSA) is 142 Å². The Bertz CT molecular complexity index is 1670. The maximum atomic E-state index is 11.7. The van der Waals surface area contributed by atoms with E-state index < -0.39 is 21.8 Å². The van der Waals surface area contributed by atoms with Gasteiger partial charge in [-0.05, 0) is 54.3 Å². The van der Waals surface area contributed by atoms with Gasteiger partial charge < -0.3 is 14.4 Å². The van der Waals surface area contributed by atoms with Crippen LogP contribution in [0.5, 0.6) is 0 Å². The number of carbonyl (C=O) groups excluding carboxylic acids is 2. The van der Waals surface area contributed by atoms with E-state index >= 15 is 0 Å². The molecular formula is C32H31N3O8. The lowest BCUT2D eigenvalue weighted by atomic mass is 9.98. The molecule has 0 radical (unpaired) electrons. The summed E-state index contributed by atoms with van der Waals surface area (Å²) >= 11 is 0. The zero-order valence-corrected chi connectivity index (χ0v) is 24.4. The van der Waals surface area contributed by atoms with Gasteiger partial charge in [0.25, 0.3) is 11.4 Å². The smallest absolute Gasteiger partial charge is 0.344 e. The number of esters is 2. The number of para-hydroxylation sites is 1. The Kier molecular flexibility index (Phi) is 10.7. The van der Waals surface area contributed by atoms with Crippen molar-refractivity contribution in [2.45, 2.75) is 13.8 Å². The summed E-state index contributed by atoms with van der Waals surface area (Å²) in [5.74, 6) is -1.43. The SMILES string of the molecule is CCN(C)c1ccccc1-c1ccc(C(=O)OC)c([N+](=O)[O-])c1.COC(=O)c1ccc(-c2ccccc2C)cc1[N+](=O)[O-]. The van der Waals surface area contributed by atoms with Crippen molar-refractivity contribution in [2.24, 2.45) is 0 Å². The van der Waals surface area contributed by atoms with Crippen LogP contribution in [0.3, 0.4) is 0 Å². The predicted octanol–water partition coefficient (Wildman–Crippen LogP) is 6.86. The fraction of sp³-hybridized carbons (Fsp3) is 0.188. The molecule has 11 nitrogen and oxygen atoms in total. The third-order valence-corrected chi connectivity index (χ3v) is 6.76. The highest BCUT2D eigenvalue weighted by atomic mass is 16.6. The monoisotopic (exact) mass is 585 g/mol. The van der Waals surface area contributed by atoms with Crippen LogP contribution in [0.25, 0.3) is 22.3 Å². The fourth-order valence-corrected chi connectivity index (χ4v) is 4.38. The van der Waals surface area contributed by atoms with E-state index in [2.05, 4.69) is 14.4 Å². The molecule has 0 amide bonds. The van der Waals surface area contributed by atoms with Crippen molar-refractivity contribution in [1.29, 1.82) is 0 Å². The minimum absolute atomic E-state index is 0.0464. The minimum Gasteiger partial charge on any atom is -0.465 e. The van der Waals surface area contributed by atoms with Gasteiger partial charge in [-0.1, -0.05) is 54.6 Å². The Balaban J connectivity index is 0.000000238. The average molecular weight is 586 g/mol. The first-order chi connectivity index (χ1) is 20.5. The molecule has 0 atom stereocenters. The number of carbonyl (C=O) groups is 2. The number of nitro groups is 2. The second-order valence-corrected chi connectivity index (χ2v) is 9.31. The van der Waals surface area contributed by atoms with Gasteiger partial charge in [0.1, 0.15) is 11.1 Å². The lowest BCUT2D eigenvalue weighted by molar-refractivity contribution is -0.385. The maximum absolute atomic E-state index is 11.7. The lowest BCUT2D eigenvalue weighted by Crippen LogP contribution is -2.16. The molecule has 0 aromatic heterocycles. The molecule has 0 N–H and O–H groups in total. The van der Waals surface area contributed by atoms with Crippen LogP contribution in [-0.4, -0.2) is 49.6 Å². The zero-order chi connectivity index (χ0) is 31.7. The van der Waals surface area contributed by atoms with E-state index in [0.717, 1.165) is 28.9 Å². The number of rotatable bonds is 8. The molecule has 0 saturated carbocycles. The minimum atomic E-state index is -0.720. The van der Waals surface area contributed by atoms with Gasteiger partial charge >= 0.3 is 11.9 Å². The Hall–Kier alpha value is -5.58. The summed E-state index contributed by atoms with van der Waals surface area (Å²) in [6.45, 7) is 4.76. The Morgan fingerprint density at radius 1 is 0.721 bits per heavy atom. The van der Waals surface area contributed by atoms with Crippen molar-refractivity contribution in [3.63, 3.8) is 0 Å². The summed E-state index contributed by atoms with van der Waals surface area (Å²) in [6, 6.07) is 24.3. The highest BCUT2D eigenvalue weighted by Gasteiger charge is 2.23. The molecule has 4 aromatic rings. The van der Waals surface area contributed by atoms with E-state index in [0.29, 0.717) is 11.1 Å². The first-order valence-corrected chi connectivity index (χ1v) is 13.1. The van der Waals surface area contributed by atoms with E-state index in [1.165, 1.54) is 38.5 Å². The van der Waals surface area contributed by atoms with Gasteiger partial charge in [-0.15, -0.1) is 0 Å². The molecule has 43 heavy (non-hydrogen) atoms. The van der Waals surface area contributed by atoms with Crippen LogP contribution in [0, 0.1) is 27.2 Å². The van der Waals surface area contributed by atoms with Crippen LogP contribution >= 0.6 is 0 Å². The molecule has 11 heteroatoms. The van der Waals surface area contributed by atoms with Crippen LogP contribution in [0.4, 0.5) is 17.1 Å². The first kappa shape index (κ1) is 31.9. The van der Waals surface area contributed by atoms with Crippen molar-refractivity contribution in [1.82, 2.24) is 0 Å². The number of methoxy groups -OCH3 is 2. The summed E-state index contributed by atoms with van der Waals surface area (Å²) in [7, 11) is 4.35. The number of nitro benzene ring substituents is 2. The Labute approximate surface area is 248 Å². The molecular weight excluding hydrogens is 554 g/mol. The number of hydrogen-bond acceptors (Lipinski definition) is 9. The Morgan fingerprint density at radius 2 is 1.16 bits per heavy atom. The standard InChI is InChI=1S/C17H18N2O4.C15H13NO4/c1-4-18(2)15-8-6-5-7-13(15)12-9-10-14(17(20)23-3)16(11-12)19(21)22;1-10-5-3-4-6-12(10)11-7-8-13(15(17)20-2)14(9-11)16(18)19/h5-11H,4H2,1-3H3;3-9H,1-2H3. The molecule has 0 saturated heterocycles. The molecule has 0 aliphatic heterocycles. The van der Waals surface area contributed by atoms with E-state index in [1.54, 1.807) is 12.1 Å². The van der Waals surface area contributed by atoms with E-state index in [-0.39, 0.29) is 22.5 Å². The van der Waals surface area contributed by atoms with Gasteiger partial charge in [-0.25, -0.2) is 9.59 Å². The Morgan fingerprint density at radius 3 is 1.60 bits per heavy atom. The number of anilines is 1. The predicted molar refractivity (Wildman–Crippen MR) is 163 cm³/mol. The average Bonchev–Trinajstić information content (AvgIpc) is 3.03. The van der Waals surface area contributed by atoms with Crippen molar-refractivity contribution in [2.75, 3.05) is 32.7 Å². The lowest BCUT2D eigenvalue weighted by Gasteiger charge is -2.20. The molecule has 4 rings (SSSR count). The van der Waals surface area contributed by atoms with Crippen LogP contribution in [0.15, 0.2) is 84.9 Å². The summed E-state index contributed by atoms with van der Waals surface area (Å²) in [4.78, 5) is 46.5. The van der Waals surface area contributed by atoms with Crippen LogP contribution in [0.2, 0.25) is 0 Å². The largest absolute Gasteiger partial charge is 0.465 e. The molecule has 0 spiro atoms. The second kappa shape index (κ2) is 14.4. The number of aryl methyl sites for hydroxylation is 1. The van der Waals surface area contributed by atoms with Crippen LogP contribution < -0.4 is 4.90 Å². The summed E-state index contributed by atoms with van der Waals surface area (Å²) in [6.07, 6.45) is 0. The summed E-state index contributed by atoms with van der Waals surface area (Å²) < 4.78 is 9.15. The van der Waals surface area contributed by atoms with E-state index in [9.17, 15) is 29.8 Å². The molecule has 222 valence electrons. The summed E-state index contributed by atoms with van der Waals surface area (Å²) in [5.41, 5.74) is 4.51. The van der Waals surface area contributed by atoms with Crippen LogP contribution in [0.1, 0.15) is 33.2 Å². The third-order valence-electron chi connectivity index (χ3n) is 6.76. The van der Waals surface area contributed by atoms with Crippen molar-refractivity contribution < 1.29 is 28.9 Å². The normalized spacial score (nSPS) is 10.2. The van der Waals surface area contributed by atoms with Crippen molar-refractivity contribution >= 4 is 29.0 Å². The van der Waals surface area contributed by atoms with Gasteiger partial charge in [0, 0.05) is 37.0 Å². The first-order valence-electron chi connectivity index (χ1n) is 13.1. The quantitative estimate of drug-likeness (QED) is 0.123. The molecule has 0 bridgehead atoms. The molecule has 0 aliphatic carbocycles. The van der Waals surface area contributed by atoms with Gasteiger partial charge in [0.2, 0.25) is 0 Å². The van der Waals surface area contributed by atoms with Gasteiger partial charge in [-0.2, -0.15) is 0 Å². The maximum Gasteiger partial charge on any atom is 0.344 e. The summed E-state index contributed by atoms with van der Waals surface area (Å²) in [5, 5.41) is 22.4. The third kappa shape index (κ3) is 7.39.